The van der Waals surface area contributed by atoms with Gasteiger partial charge in [-0.15, -0.1) is 0 Å². The zero-order chi connectivity index (χ0) is 29.6. The third kappa shape index (κ3) is 6.46. The fraction of sp³-hybridized carbons (Fsp3) is 0.333. The maximum Gasteiger partial charge on any atom is 0.254 e. The fourth-order valence-electron chi connectivity index (χ4n) is 5.22. The summed E-state index contributed by atoms with van der Waals surface area (Å²) in [6.07, 6.45) is 2.65. The second-order valence-corrected chi connectivity index (χ2v) is 10.8. The smallest absolute Gasteiger partial charge is 0.254 e. The minimum Gasteiger partial charge on any atom is -0.493 e. The van der Waals surface area contributed by atoms with Gasteiger partial charge in [0.05, 0.1) is 14.2 Å². The van der Waals surface area contributed by atoms with E-state index in [0.29, 0.717) is 54.6 Å². The van der Waals surface area contributed by atoms with Crippen molar-refractivity contribution in [2.24, 2.45) is 5.92 Å². The van der Waals surface area contributed by atoms with Gasteiger partial charge in [-0.1, -0.05) is 38.1 Å². The Hall–Kier alpha value is -4.66. The molecule has 0 bridgehead atoms. The molecule has 1 aliphatic heterocycles. The van der Waals surface area contributed by atoms with Gasteiger partial charge in [-0.05, 0) is 59.9 Å². The van der Waals surface area contributed by atoms with Crippen molar-refractivity contribution >= 4 is 22.7 Å². The lowest BCUT2D eigenvalue weighted by Crippen LogP contribution is -2.44. The molecule has 3 aromatic carbocycles. The van der Waals surface area contributed by atoms with Gasteiger partial charge in [-0.3, -0.25) is 9.59 Å². The molecule has 1 aromatic heterocycles. The number of rotatable bonds is 12. The van der Waals surface area contributed by atoms with E-state index in [1.54, 1.807) is 37.3 Å². The largest absolute Gasteiger partial charge is 0.493 e. The van der Waals surface area contributed by atoms with Crippen LogP contribution in [0.15, 0.2) is 66.9 Å². The van der Waals surface area contributed by atoms with E-state index in [2.05, 4.69) is 11.1 Å². The van der Waals surface area contributed by atoms with Crippen molar-refractivity contribution in [3.8, 4) is 23.0 Å². The molecule has 5 rings (SSSR count). The van der Waals surface area contributed by atoms with Gasteiger partial charge in [0.25, 0.3) is 5.91 Å². The fourth-order valence-corrected chi connectivity index (χ4v) is 5.22. The van der Waals surface area contributed by atoms with Gasteiger partial charge in [-0.25, -0.2) is 0 Å². The molecule has 0 saturated carbocycles. The molecule has 0 fully saturated rings. The number of aromatic amines is 1. The summed E-state index contributed by atoms with van der Waals surface area (Å²) in [7, 11) is 3.18. The Morgan fingerprint density at radius 2 is 1.71 bits per heavy atom. The molecule has 0 spiro atoms. The number of fused-ring (bicyclic) bond motifs is 2. The highest BCUT2D eigenvalue weighted by molar-refractivity contribution is 5.97. The Kier molecular flexibility index (Phi) is 8.85. The normalized spacial score (nSPS) is 12.0. The topological polar surface area (TPSA) is 93.3 Å². The zero-order valence-corrected chi connectivity index (χ0v) is 24.5. The molecule has 1 N–H and O–H groups in total. The molecule has 220 valence electrons. The summed E-state index contributed by atoms with van der Waals surface area (Å²) in [6.45, 7) is 5.41. The van der Waals surface area contributed by atoms with E-state index in [1.807, 2.05) is 61.3 Å². The lowest BCUT2D eigenvalue weighted by atomic mass is 10.1. The van der Waals surface area contributed by atoms with Crippen LogP contribution in [0.25, 0.3) is 10.9 Å². The van der Waals surface area contributed by atoms with Crippen LogP contribution in [0.4, 0.5) is 0 Å². The molecule has 0 radical (unpaired) electrons. The number of amides is 2. The van der Waals surface area contributed by atoms with Crippen LogP contribution in [0.2, 0.25) is 0 Å². The summed E-state index contributed by atoms with van der Waals surface area (Å²) in [5.41, 5.74) is 3.55. The van der Waals surface area contributed by atoms with Crippen LogP contribution in [0.1, 0.15) is 35.3 Å². The first kappa shape index (κ1) is 28.9. The third-order valence-electron chi connectivity index (χ3n) is 7.32. The molecule has 2 heterocycles. The van der Waals surface area contributed by atoms with Crippen molar-refractivity contribution in [3.63, 3.8) is 0 Å². The van der Waals surface area contributed by atoms with Crippen LogP contribution in [0.3, 0.4) is 0 Å². The third-order valence-corrected chi connectivity index (χ3v) is 7.32. The number of carbonyl (C=O) groups is 2. The first-order valence-corrected chi connectivity index (χ1v) is 14.1. The van der Waals surface area contributed by atoms with Crippen LogP contribution >= 0.6 is 0 Å². The van der Waals surface area contributed by atoms with E-state index >= 15 is 0 Å². The van der Waals surface area contributed by atoms with Crippen molar-refractivity contribution < 1.29 is 28.5 Å². The molecule has 0 unspecified atom stereocenters. The standard InChI is InChI=1S/C33H37N3O6/c1-22(2)18-36(33(38)24-10-12-29-31(16-24)42-21-41-29)20-32(37)35(19-23-9-11-28(39-3)30(15-23)40-4)14-13-25-17-34-27-8-6-5-7-26(25)27/h5-12,15-17,22,34H,13-14,18-21H2,1-4H3. The average Bonchev–Trinajstić information content (AvgIpc) is 3.64. The summed E-state index contributed by atoms with van der Waals surface area (Å²) in [4.78, 5) is 34.4. The van der Waals surface area contributed by atoms with Crippen molar-refractivity contribution in [1.82, 2.24) is 14.8 Å². The van der Waals surface area contributed by atoms with Gasteiger partial charge < -0.3 is 33.7 Å². The molecule has 9 heteroatoms. The Bertz CT molecular complexity index is 1560. The van der Waals surface area contributed by atoms with Crippen molar-refractivity contribution in [2.45, 2.75) is 26.8 Å². The summed E-state index contributed by atoms with van der Waals surface area (Å²) < 4.78 is 21.8. The highest BCUT2D eigenvalue weighted by atomic mass is 16.7. The highest BCUT2D eigenvalue weighted by Crippen LogP contribution is 2.33. The quantitative estimate of drug-likeness (QED) is 0.249. The predicted octanol–water partition coefficient (Wildman–Crippen LogP) is 5.28. The SMILES string of the molecule is COc1ccc(CN(CCc2c[nH]c3ccccc23)C(=O)CN(CC(C)C)C(=O)c2ccc3c(c2)OCO3)cc1OC. The molecule has 9 nitrogen and oxygen atoms in total. The molecule has 0 aliphatic carbocycles. The van der Waals surface area contributed by atoms with Crippen molar-refractivity contribution in [1.29, 1.82) is 0 Å². The summed E-state index contributed by atoms with van der Waals surface area (Å²) in [6, 6.07) is 18.9. The second kappa shape index (κ2) is 12.9. The molecule has 0 atom stereocenters. The van der Waals surface area contributed by atoms with E-state index in [1.165, 1.54) is 0 Å². The summed E-state index contributed by atoms with van der Waals surface area (Å²) >= 11 is 0. The number of benzene rings is 3. The molecular weight excluding hydrogens is 534 g/mol. The minimum atomic E-state index is -0.224. The van der Waals surface area contributed by atoms with Crippen LogP contribution in [0, 0.1) is 5.92 Å². The Balaban J connectivity index is 1.39. The minimum absolute atomic E-state index is 0.0490. The number of para-hydroxylation sites is 1. The number of hydrogen-bond donors (Lipinski definition) is 1. The second-order valence-electron chi connectivity index (χ2n) is 10.8. The molecule has 4 aromatic rings. The number of methoxy groups -OCH3 is 2. The van der Waals surface area contributed by atoms with E-state index < -0.39 is 0 Å². The molecular formula is C33H37N3O6. The molecule has 42 heavy (non-hydrogen) atoms. The number of aromatic nitrogens is 1. The number of ether oxygens (including phenoxy) is 4. The lowest BCUT2D eigenvalue weighted by molar-refractivity contribution is -0.132. The summed E-state index contributed by atoms with van der Waals surface area (Å²) in [5, 5.41) is 1.13. The van der Waals surface area contributed by atoms with E-state index in [4.69, 9.17) is 18.9 Å². The highest BCUT2D eigenvalue weighted by Gasteiger charge is 2.25. The predicted molar refractivity (Wildman–Crippen MR) is 160 cm³/mol. The first-order valence-electron chi connectivity index (χ1n) is 14.1. The van der Waals surface area contributed by atoms with Crippen LogP contribution < -0.4 is 18.9 Å². The van der Waals surface area contributed by atoms with Crippen molar-refractivity contribution in [3.05, 3.63) is 83.6 Å². The lowest BCUT2D eigenvalue weighted by Gasteiger charge is -2.29. The van der Waals surface area contributed by atoms with Gasteiger partial charge in [0, 0.05) is 42.3 Å². The van der Waals surface area contributed by atoms with Gasteiger partial charge in [0.2, 0.25) is 12.7 Å². The number of hydrogen-bond acceptors (Lipinski definition) is 6. The maximum absolute atomic E-state index is 14.0. The van der Waals surface area contributed by atoms with E-state index in [-0.39, 0.29) is 31.1 Å². The van der Waals surface area contributed by atoms with Crippen LogP contribution in [-0.2, 0) is 17.8 Å². The summed E-state index contributed by atoms with van der Waals surface area (Å²) in [5.74, 6) is 2.16. The van der Waals surface area contributed by atoms with Gasteiger partial charge in [0.15, 0.2) is 23.0 Å². The number of H-pyrrole nitrogens is 1. The van der Waals surface area contributed by atoms with Gasteiger partial charge >= 0.3 is 0 Å². The van der Waals surface area contributed by atoms with E-state index in [0.717, 1.165) is 22.0 Å². The Labute approximate surface area is 245 Å². The first-order chi connectivity index (χ1) is 20.4. The van der Waals surface area contributed by atoms with Crippen LogP contribution in [-0.4, -0.2) is 67.2 Å². The van der Waals surface area contributed by atoms with Gasteiger partial charge in [0.1, 0.15) is 6.54 Å². The number of nitrogens with zero attached hydrogens (tertiary/aromatic N) is 2. The Morgan fingerprint density at radius 3 is 2.50 bits per heavy atom. The monoisotopic (exact) mass is 571 g/mol. The number of carbonyl (C=O) groups excluding carboxylic acids is 2. The van der Waals surface area contributed by atoms with Crippen molar-refractivity contribution in [2.75, 3.05) is 40.6 Å². The van der Waals surface area contributed by atoms with Crippen LogP contribution in [0.5, 0.6) is 23.0 Å². The average molecular weight is 572 g/mol. The molecule has 2 amide bonds. The Morgan fingerprint density at radius 1 is 0.929 bits per heavy atom. The van der Waals surface area contributed by atoms with E-state index in [9.17, 15) is 9.59 Å². The van der Waals surface area contributed by atoms with Gasteiger partial charge in [-0.2, -0.15) is 0 Å². The zero-order valence-electron chi connectivity index (χ0n) is 24.5. The molecule has 1 aliphatic rings. The molecule has 0 saturated heterocycles. The number of nitrogens with one attached hydrogen (secondary N) is 1. The maximum atomic E-state index is 14.0.